The molecule has 0 bridgehead atoms. The molecule has 31 heavy (non-hydrogen) atoms. The molecule has 2 amide bonds. The molecule has 1 atom stereocenters. The third kappa shape index (κ3) is 4.18. The third-order valence-corrected chi connectivity index (χ3v) is 5.02. The molecule has 0 radical (unpaired) electrons. The number of amides is 2. The number of H-pyrrole nitrogens is 1. The molecule has 1 aliphatic rings. The largest absolute Gasteiger partial charge is 0.497 e. The van der Waals surface area contributed by atoms with E-state index < -0.39 is 5.92 Å². The Morgan fingerprint density at radius 3 is 2.58 bits per heavy atom. The lowest BCUT2D eigenvalue weighted by molar-refractivity contribution is -0.122. The Labute approximate surface area is 177 Å². The SMILES string of the molecule is COc1ccc(N2C[C@@H](C(=O)Nc3cc(C)nn3-c3nc(C)cc(=O)[nH]3)CC2=O)cc1. The van der Waals surface area contributed by atoms with E-state index in [4.69, 9.17) is 4.74 Å². The molecular formula is C21H22N6O4. The van der Waals surface area contributed by atoms with Crippen LogP contribution < -0.4 is 20.5 Å². The Kier molecular flexibility index (Phi) is 5.28. The van der Waals surface area contributed by atoms with Crippen molar-refractivity contribution in [3.8, 4) is 11.7 Å². The van der Waals surface area contributed by atoms with Crippen LogP contribution >= 0.6 is 0 Å². The Hall–Kier alpha value is -3.95. The van der Waals surface area contributed by atoms with Crippen LogP contribution in [0.25, 0.3) is 5.95 Å². The number of carbonyl (C=O) groups excluding carboxylic acids is 2. The number of carbonyl (C=O) groups is 2. The minimum Gasteiger partial charge on any atom is -0.497 e. The average Bonchev–Trinajstić information content (AvgIpc) is 3.30. The van der Waals surface area contributed by atoms with E-state index in [-0.39, 0.29) is 36.3 Å². The first-order valence-corrected chi connectivity index (χ1v) is 9.74. The summed E-state index contributed by atoms with van der Waals surface area (Å²) in [5.41, 5.74) is 1.57. The molecule has 0 spiro atoms. The summed E-state index contributed by atoms with van der Waals surface area (Å²) in [6.45, 7) is 3.74. The van der Waals surface area contributed by atoms with Crippen molar-refractivity contribution < 1.29 is 14.3 Å². The quantitative estimate of drug-likeness (QED) is 0.644. The molecule has 0 unspecified atom stereocenters. The maximum atomic E-state index is 12.9. The number of nitrogens with one attached hydrogen (secondary N) is 2. The van der Waals surface area contributed by atoms with Crippen molar-refractivity contribution in [2.24, 2.45) is 5.92 Å². The first-order chi connectivity index (χ1) is 14.8. The zero-order valence-electron chi connectivity index (χ0n) is 17.4. The number of anilines is 2. The minimum atomic E-state index is -0.525. The van der Waals surface area contributed by atoms with E-state index in [0.717, 1.165) is 0 Å². The van der Waals surface area contributed by atoms with Gasteiger partial charge in [0.15, 0.2) is 0 Å². The molecule has 160 valence electrons. The van der Waals surface area contributed by atoms with Crippen molar-refractivity contribution in [3.63, 3.8) is 0 Å². The van der Waals surface area contributed by atoms with Crippen molar-refractivity contribution in [1.82, 2.24) is 19.7 Å². The number of hydrogen-bond donors (Lipinski definition) is 2. The Balaban J connectivity index is 1.52. The summed E-state index contributed by atoms with van der Waals surface area (Å²) in [4.78, 5) is 45.7. The van der Waals surface area contributed by atoms with Gasteiger partial charge in [0.1, 0.15) is 11.6 Å². The van der Waals surface area contributed by atoms with Gasteiger partial charge in [0.2, 0.25) is 17.8 Å². The predicted octanol–water partition coefficient (Wildman–Crippen LogP) is 1.57. The van der Waals surface area contributed by atoms with Gasteiger partial charge in [-0.15, -0.1) is 0 Å². The smallest absolute Gasteiger partial charge is 0.252 e. The maximum absolute atomic E-state index is 12.9. The molecule has 3 heterocycles. The summed E-state index contributed by atoms with van der Waals surface area (Å²) < 4.78 is 6.52. The number of ether oxygens (including phenoxy) is 1. The Morgan fingerprint density at radius 2 is 1.90 bits per heavy atom. The maximum Gasteiger partial charge on any atom is 0.252 e. The number of aryl methyl sites for hydroxylation is 2. The molecule has 1 saturated heterocycles. The van der Waals surface area contributed by atoms with Crippen molar-refractivity contribution in [1.29, 1.82) is 0 Å². The van der Waals surface area contributed by atoms with Crippen LogP contribution in [0.1, 0.15) is 17.8 Å². The number of aromatic amines is 1. The molecule has 3 aromatic rings. The first kappa shape index (κ1) is 20.3. The number of hydrogen-bond acceptors (Lipinski definition) is 6. The van der Waals surface area contributed by atoms with E-state index in [9.17, 15) is 14.4 Å². The molecule has 1 fully saturated rings. The van der Waals surface area contributed by atoms with Crippen LogP contribution in [0, 0.1) is 19.8 Å². The lowest BCUT2D eigenvalue weighted by atomic mass is 10.1. The minimum absolute atomic E-state index is 0.102. The molecule has 1 aromatic carbocycles. The fourth-order valence-electron chi connectivity index (χ4n) is 3.54. The monoisotopic (exact) mass is 422 g/mol. The number of rotatable bonds is 5. The molecule has 10 nitrogen and oxygen atoms in total. The van der Waals surface area contributed by atoms with Crippen molar-refractivity contribution in [3.05, 3.63) is 58.1 Å². The van der Waals surface area contributed by atoms with E-state index in [0.29, 0.717) is 28.6 Å². The fourth-order valence-corrected chi connectivity index (χ4v) is 3.54. The predicted molar refractivity (Wildman–Crippen MR) is 114 cm³/mol. The molecule has 10 heteroatoms. The van der Waals surface area contributed by atoms with Crippen LogP contribution in [0.3, 0.4) is 0 Å². The van der Waals surface area contributed by atoms with Crippen molar-refractivity contribution in [2.45, 2.75) is 20.3 Å². The second kappa shape index (κ2) is 8.05. The van der Waals surface area contributed by atoms with E-state index >= 15 is 0 Å². The highest BCUT2D eigenvalue weighted by atomic mass is 16.5. The van der Waals surface area contributed by atoms with Crippen LogP contribution in [0.4, 0.5) is 11.5 Å². The molecule has 0 aliphatic carbocycles. The summed E-state index contributed by atoms with van der Waals surface area (Å²) in [5.74, 6) is 0.307. The molecule has 4 rings (SSSR count). The molecule has 2 N–H and O–H groups in total. The van der Waals surface area contributed by atoms with Gasteiger partial charge in [-0.25, -0.2) is 4.98 Å². The average molecular weight is 422 g/mol. The molecular weight excluding hydrogens is 400 g/mol. The highest BCUT2D eigenvalue weighted by Crippen LogP contribution is 2.28. The van der Waals surface area contributed by atoms with Crippen LogP contribution in [0.15, 0.2) is 41.2 Å². The van der Waals surface area contributed by atoms with Gasteiger partial charge in [-0.2, -0.15) is 9.78 Å². The first-order valence-electron chi connectivity index (χ1n) is 9.74. The van der Waals surface area contributed by atoms with Gasteiger partial charge in [0, 0.05) is 36.5 Å². The van der Waals surface area contributed by atoms with Gasteiger partial charge in [-0.1, -0.05) is 0 Å². The summed E-state index contributed by atoms with van der Waals surface area (Å²) >= 11 is 0. The van der Waals surface area contributed by atoms with E-state index in [1.54, 1.807) is 56.2 Å². The molecule has 1 aliphatic heterocycles. The number of nitrogens with zero attached hydrogens (tertiary/aromatic N) is 4. The van der Waals surface area contributed by atoms with Crippen LogP contribution in [0.2, 0.25) is 0 Å². The fraction of sp³-hybridized carbons (Fsp3) is 0.286. The number of aromatic nitrogens is 4. The number of benzene rings is 1. The van der Waals surface area contributed by atoms with Gasteiger partial charge in [0.25, 0.3) is 5.56 Å². The Morgan fingerprint density at radius 1 is 1.16 bits per heavy atom. The van der Waals surface area contributed by atoms with Gasteiger partial charge in [-0.3, -0.25) is 19.4 Å². The summed E-state index contributed by atoms with van der Waals surface area (Å²) in [7, 11) is 1.57. The highest BCUT2D eigenvalue weighted by molar-refractivity contribution is 6.03. The Bertz CT molecular complexity index is 1200. The molecule has 2 aromatic heterocycles. The van der Waals surface area contributed by atoms with E-state index in [1.807, 2.05) is 0 Å². The molecule has 0 saturated carbocycles. The van der Waals surface area contributed by atoms with E-state index in [1.165, 1.54) is 10.7 Å². The highest BCUT2D eigenvalue weighted by Gasteiger charge is 2.35. The van der Waals surface area contributed by atoms with Gasteiger partial charge in [-0.05, 0) is 38.1 Å². The standard InChI is InChI=1S/C21H22N6O4/c1-12-9-18(28)24-21(22-12)27-17(8-13(2)25-27)23-20(30)14-10-19(29)26(11-14)15-4-6-16(31-3)7-5-15/h4-9,14H,10-11H2,1-3H3,(H,23,30)(H,22,24,28)/t14-/m0/s1. The van der Waals surface area contributed by atoms with Crippen LogP contribution in [-0.2, 0) is 9.59 Å². The van der Waals surface area contributed by atoms with Crippen LogP contribution in [-0.4, -0.2) is 45.2 Å². The number of methoxy groups -OCH3 is 1. The summed E-state index contributed by atoms with van der Waals surface area (Å²) in [6.07, 6.45) is 0.102. The lowest BCUT2D eigenvalue weighted by Crippen LogP contribution is -2.28. The zero-order chi connectivity index (χ0) is 22.1. The van der Waals surface area contributed by atoms with Gasteiger partial charge in [0.05, 0.1) is 18.7 Å². The second-order valence-electron chi connectivity index (χ2n) is 7.39. The third-order valence-electron chi connectivity index (χ3n) is 5.02. The summed E-state index contributed by atoms with van der Waals surface area (Å²) in [5, 5.41) is 7.14. The van der Waals surface area contributed by atoms with Gasteiger partial charge < -0.3 is 15.0 Å². The second-order valence-corrected chi connectivity index (χ2v) is 7.39. The topological polar surface area (TPSA) is 122 Å². The summed E-state index contributed by atoms with van der Waals surface area (Å²) in [6, 6.07) is 10.2. The normalized spacial score (nSPS) is 15.9. The zero-order valence-corrected chi connectivity index (χ0v) is 17.4. The lowest BCUT2D eigenvalue weighted by Gasteiger charge is -2.17. The van der Waals surface area contributed by atoms with Crippen molar-refractivity contribution in [2.75, 3.05) is 23.9 Å². The van der Waals surface area contributed by atoms with Gasteiger partial charge >= 0.3 is 0 Å². The van der Waals surface area contributed by atoms with E-state index in [2.05, 4.69) is 20.4 Å². The van der Waals surface area contributed by atoms with Crippen LogP contribution in [0.5, 0.6) is 5.75 Å². The van der Waals surface area contributed by atoms with Crippen molar-refractivity contribution >= 4 is 23.3 Å².